The molecule has 7 nitrogen and oxygen atoms in total. The lowest BCUT2D eigenvalue weighted by Gasteiger charge is -2.27. The number of hydrogen-bond donors (Lipinski definition) is 1. The molecule has 1 aliphatic rings. The quantitative estimate of drug-likeness (QED) is 0.663. The summed E-state index contributed by atoms with van der Waals surface area (Å²) in [5, 5.41) is 6.94. The van der Waals surface area contributed by atoms with E-state index in [2.05, 4.69) is 10.4 Å². The van der Waals surface area contributed by atoms with Crippen LogP contribution in [0.15, 0.2) is 53.3 Å². The van der Waals surface area contributed by atoms with Crippen LogP contribution < -0.4 is 20.2 Å². The van der Waals surface area contributed by atoms with Crippen molar-refractivity contribution in [3.63, 3.8) is 0 Å². The number of fused-ring (bicyclic) bond motifs is 1. The van der Waals surface area contributed by atoms with E-state index in [4.69, 9.17) is 9.47 Å². The third kappa shape index (κ3) is 4.21. The molecule has 3 aromatic rings. The van der Waals surface area contributed by atoms with Gasteiger partial charge in [-0.3, -0.25) is 9.59 Å². The van der Waals surface area contributed by atoms with Crippen molar-refractivity contribution in [2.24, 2.45) is 0 Å². The van der Waals surface area contributed by atoms with Gasteiger partial charge in [-0.15, -0.1) is 0 Å². The first-order chi connectivity index (χ1) is 15.3. The molecule has 4 rings (SSSR count). The number of aromatic nitrogens is 2. The Kier molecular flexibility index (Phi) is 5.69. The first kappa shape index (κ1) is 21.5. The Morgan fingerprint density at radius 1 is 1.12 bits per heavy atom. The third-order valence-corrected chi connectivity index (χ3v) is 5.42. The Hall–Kier alpha value is -3.68. The second-order valence-corrected chi connectivity index (χ2v) is 8.29. The average molecular weight is 437 g/mol. The number of nitrogens with one attached hydrogen (secondary N) is 1. The van der Waals surface area contributed by atoms with Crippen LogP contribution in [0.3, 0.4) is 0 Å². The minimum absolute atomic E-state index is 0.163. The molecule has 0 bridgehead atoms. The summed E-state index contributed by atoms with van der Waals surface area (Å²) in [5.74, 6) is 0.238. The molecule has 1 amide bonds. The molecular formula is C24H24FN3O4. The number of benzene rings is 2. The van der Waals surface area contributed by atoms with Crippen molar-refractivity contribution in [2.75, 3.05) is 19.8 Å². The zero-order valence-corrected chi connectivity index (χ0v) is 18.1. The lowest BCUT2D eigenvalue weighted by molar-refractivity contribution is 0.0937. The second kappa shape index (κ2) is 8.45. The first-order valence-electron chi connectivity index (χ1n) is 10.3. The molecule has 0 radical (unpaired) electrons. The van der Waals surface area contributed by atoms with Gasteiger partial charge < -0.3 is 14.8 Å². The van der Waals surface area contributed by atoms with E-state index >= 15 is 0 Å². The molecule has 2 heterocycles. The molecular weight excluding hydrogens is 413 g/mol. The molecule has 0 saturated heterocycles. The number of aryl methyl sites for hydroxylation is 1. The zero-order valence-electron chi connectivity index (χ0n) is 18.1. The van der Waals surface area contributed by atoms with Gasteiger partial charge in [0.05, 0.1) is 0 Å². The van der Waals surface area contributed by atoms with Gasteiger partial charge in [0, 0.05) is 23.7 Å². The van der Waals surface area contributed by atoms with Gasteiger partial charge in [-0.2, -0.15) is 5.10 Å². The minimum Gasteiger partial charge on any atom is -0.486 e. The Balaban J connectivity index is 1.56. The van der Waals surface area contributed by atoms with Crippen molar-refractivity contribution in [1.82, 2.24) is 15.1 Å². The highest BCUT2D eigenvalue weighted by molar-refractivity contribution is 5.92. The van der Waals surface area contributed by atoms with E-state index in [1.165, 1.54) is 22.9 Å². The third-order valence-electron chi connectivity index (χ3n) is 5.42. The summed E-state index contributed by atoms with van der Waals surface area (Å²) in [7, 11) is 0. The van der Waals surface area contributed by atoms with Crippen LogP contribution in [0.1, 0.15) is 35.6 Å². The summed E-state index contributed by atoms with van der Waals surface area (Å²) in [6.07, 6.45) is 0. The van der Waals surface area contributed by atoms with Crippen molar-refractivity contribution in [2.45, 2.75) is 26.2 Å². The average Bonchev–Trinajstić information content (AvgIpc) is 2.78. The van der Waals surface area contributed by atoms with Gasteiger partial charge in [0.1, 0.15) is 24.7 Å². The van der Waals surface area contributed by atoms with Crippen LogP contribution in [0.2, 0.25) is 0 Å². The standard InChI is InChI=1S/C24H24FN3O4/c1-15-12-19(29)22(27-28(15)18-7-5-4-6-17(18)25)23(30)26-14-24(2,3)16-8-9-20-21(13-16)32-11-10-31-20/h4-9,12-13H,10-11,14H2,1-3H3,(H,26,30). The number of carbonyl (C=O) groups is 1. The zero-order chi connectivity index (χ0) is 22.9. The van der Waals surface area contributed by atoms with E-state index < -0.39 is 22.6 Å². The highest BCUT2D eigenvalue weighted by Gasteiger charge is 2.25. The summed E-state index contributed by atoms with van der Waals surface area (Å²) in [5.41, 5.74) is 0.258. The smallest absolute Gasteiger partial charge is 0.275 e. The number of nitrogens with zero attached hydrogens (tertiary/aromatic N) is 2. The number of carbonyl (C=O) groups excluding carboxylic acids is 1. The van der Waals surface area contributed by atoms with Crippen LogP contribution >= 0.6 is 0 Å². The Labute approximate surface area is 184 Å². The summed E-state index contributed by atoms with van der Waals surface area (Å²) >= 11 is 0. The summed E-state index contributed by atoms with van der Waals surface area (Å²) in [6, 6.07) is 13.0. The fourth-order valence-corrected chi connectivity index (χ4v) is 3.52. The van der Waals surface area contributed by atoms with Gasteiger partial charge in [-0.25, -0.2) is 9.07 Å². The maximum absolute atomic E-state index is 14.2. The molecule has 1 aliphatic heterocycles. The van der Waals surface area contributed by atoms with Gasteiger partial charge >= 0.3 is 0 Å². The molecule has 0 aliphatic carbocycles. The number of hydrogen-bond acceptors (Lipinski definition) is 5. The van der Waals surface area contributed by atoms with Gasteiger partial charge in [-0.05, 0) is 36.8 Å². The second-order valence-electron chi connectivity index (χ2n) is 8.29. The number of ether oxygens (including phenoxy) is 2. The molecule has 166 valence electrons. The predicted octanol–water partition coefficient (Wildman–Crippen LogP) is 3.16. The summed E-state index contributed by atoms with van der Waals surface area (Å²) in [4.78, 5) is 25.3. The van der Waals surface area contributed by atoms with E-state index in [0.29, 0.717) is 30.4 Å². The topological polar surface area (TPSA) is 82.5 Å². The number of amides is 1. The lowest BCUT2D eigenvalue weighted by Crippen LogP contribution is -2.39. The van der Waals surface area contributed by atoms with Gasteiger partial charge in [0.2, 0.25) is 5.43 Å². The van der Waals surface area contributed by atoms with Crippen LogP contribution in [-0.4, -0.2) is 35.4 Å². The maximum atomic E-state index is 14.2. The largest absolute Gasteiger partial charge is 0.486 e. The molecule has 0 atom stereocenters. The lowest BCUT2D eigenvalue weighted by atomic mass is 9.84. The highest BCUT2D eigenvalue weighted by atomic mass is 19.1. The van der Waals surface area contributed by atoms with E-state index in [1.54, 1.807) is 19.1 Å². The van der Waals surface area contributed by atoms with Crippen LogP contribution in [-0.2, 0) is 5.41 Å². The van der Waals surface area contributed by atoms with Crippen molar-refractivity contribution in [3.05, 3.63) is 81.5 Å². The number of halogens is 1. The van der Waals surface area contributed by atoms with Crippen LogP contribution in [0.5, 0.6) is 11.5 Å². The van der Waals surface area contributed by atoms with Crippen molar-refractivity contribution in [3.8, 4) is 17.2 Å². The summed E-state index contributed by atoms with van der Waals surface area (Å²) in [6.45, 7) is 6.83. The minimum atomic E-state index is -0.620. The van der Waals surface area contributed by atoms with Crippen molar-refractivity contribution in [1.29, 1.82) is 0 Å². The number of rotatable bonds is 5. The molecule has 1 aromatic heterocycles. The Bertz CT molecular complexity index is 1240. The molecule has 8 heteroatoms. The van der Waals surface area contributed by atoms with E-state index in [-0.39, 0.29) is 17.9 Å². The molecule has 0 spiro atoms. The highest BCUT2D eigenvalue weighted by Crippen LogP contribution is 2.34. The van der Waals surface area contributed by atoms with E-state index in [1.807, 2.05) is 32.0 Å². The van der Waals surface area contributed by atoms with E-state index in [9.17, 15) is 14.0 Å². The van der Waals surface area contributed by atoms with Crippen LogP contribution in [0, 0.1) is 12.7 Å². The molecule has 0 fully saturated rings. The Morgan fingerprint density at radius 2 is 1.84 bits per heavy atom. The predicted molar refractivity (Wildman–Crippen MR) is 117 cm³/mol. The first-order valence-corrected chi connectivity index (χ1v) is 10.3. The molecule has 2 aromatic carbocycles. The van der Waals surface area contributed by atoms with Gasteiger partial charge in [0.25, 0.3) is 5.91 Å². The molecule has 0 saturated carbocycles. The van der Waals surface area contributed by atoms with E-state index in [0.717, 1.165) is 5.56 Å². The molecule has 1 N–H and O–H groups in total. The van der Waals surface area contributed by atoms with Gasteiger partial charge in [-0.1, -0.05) is 32.0 Å². The maximum Gasteiger partial charge on any atom is 0.275 e. The molecule has 0 unspecified atom stereocenters. The Morgan fingerprint density at radius 3 is 2.59 bits per heavy atom. The fraction of sp³-hybridized carbons (Fsp3) is 0.292. The van der Waals surface area contributed by atoms with Crippen molar-refractivity contribution < 1.29 is 18.7 Å². The normalized spacial score (nSPS) is 13.0. The monoisotopic (exact) mass is 437 g/mol. The summed E-state index contributed by atoms with van der Waals surface area (Å²) < 4.78 is 26.7. The van der Waals surface area contributed by atoms with Gasteiger partial charge in [0.15, 0.2) is 17.2 Å². The van der Waals surface area contributed by atoms with Crippen LogP contribution in [0.25, 0.3) is 5.69 Å². The van der Waals surface area contributed by atoms with Crippen LogP contribution in [0.4, 0.5) is 4.39 Å². The fourth-order valence-electron chi connectivity index (χ4n) is 3.52. The SMILES string of the molecule is Cc1cc(=O)c(C(=O)NCC(C)(C)c2ccc3c(c2)OCCO3)nn1-c1ccccc1F. The van der Waals surface area contributed by atoms with Crippen molar-refractivity contribution >= 4 is 5.91 Å². The molecule has 32 heavy (non-hydrogen) atoms. The number of para-hydroxylation sites is 1.